The lowest BCUT2D eigenvalue weighted by atomic mass is 10.1. The molecule has 0 saturated carbocycles. The minimum atomic E-state index is 0.158. The van der Waals surface area contributed by atoms with Crippen LogP contribution < -0.4 is 5.73 Å². The first kappa shape index (κ1) is 13.9. The van der Waals surface area contributed by atoms with Crippen LogP contribution in [0.5, 0.6) is 0 Å². The number of anilines is 1. The van der Waals surface area contributed by atoms with Crippen LogP contribution in [0, 0.1) is 0 Å². The van der Waals surface area contributed by atoms with Crippen LogP contribution in [0.25, 0.3) is 0 Å². The van der Waals surface area contributed by atoms with E-state index in [-0.39, 0.29) is 5.91 Å². The Balaban J connectivity index is 2.16. The average Bonchev–Trinajstić information content (AvgIpc) is 2.78. The highest BCUT2D eigenvalue weighted by molar-refractivity contribution is 5.77. The summed E-state index contributed by atoms with van der Waals surface area (Å²) in [6.45, 7) is 3.48. The number of likely N-dealkylation sites (N-methyl/N-ethyl adjacent to an activating group) is 2. The maximum absolute atomic E-state index is 11.9. The molecular formula is C15H23N3O. The Bertz CT molecular complexity index is 470. The van der Waals surface area contributed by atoms with Gasteiger partial charge < -0.3 is 10.6 Å². The summed E-state index contributed by atoms with van der Waals surface area (Å²) in [6.07, 6.45) is 2.13. The Morgan fingerprint density at radius 3 is 2.79 bits per heavy atom. The fraction of sp³-hybridized carbons (Fsp3) is 0.533. The summed E-state index contributed by atoms with van der Waals surface area (Å²) in [6, 6.07) is 6.49. The van der Waals surface area contributed by atoms with Gasteiger partial charge in [-0.25, -0.2) is 0 Å². The molecule has 0 aromatic heterocycles. The monoisotopic (exact) mass is 261 g/mol. The van der Waals surface area contributed by atoms with E-state index in [0.717, 1.165) is 25.1 Å². The SMILES string of the molecule is CCN(CC(=O)N(C)C)C1CCc2cc(N)ccc21. The van der Waals surface area contributed by atoms with Crippen molar-refractivity contribution in [2.45, 2.75) is 25.8 Å². The third-order valence-electron chi connectivity index (χ3n) is 3.90. The van der Waals surface area contributed by atoms with Crippen molar-refractivity contribution in [3.63, 3.8) is 0 Å². The van der Waals surface area contributed by atoms with Crippen LogP contribution in [-0.2, 0) is 11.2 Å². The zero-order chi connectivity index (χ0) is 14.0. The Kier molecular flexibility index (Phi) is 4.10. The molecule has 1 unspecified atom stereocenters. The van der Waals surface area contributed by atoms with Gasteiger partial charge in [0.15, 0.2) is 0 Å². The molecule has 0 bridgehead atoms. The van der Waals surface area contributed by atoms with E-state index in [2.05, 4.69) is 24.0 Å². The number of nitrogens with two attached hydrogens (primary N) is 1. The minimum absolute atomic E-state index is 0.158. The molecule has 2 N–H and O–H groups in total. The van der Waals surface area contributed by atoms with Crippen molar-refractivity contribution in [3.05, 3.63) is 29.3 Å². The van der Waals surface area contributed by atoms with Gasteiger partial charge in [0.05, 0.1) is 6.54 Å². The second-order valence-electron chi connectivity index (χ2n) is 5.36. The molecule has 0 spiro atoms. The Labute approximate surface area is 115 Å². The number of nitrogen functional groups attached to an aromatic ring is 1. The normalized spacial score (nSPS) is 17.6. The lowest BCUT2D eigenvalue weighted by Crippen LogP contribution is -2.38. The largest absolute Gasteiger partial charge is 0.399 e. The molecular weight excluding hydrogens is 238 g/mol. The Hall–Kier alpha value is -1.55. The highest BCUT2D eigenvalue weighted by Gasteiger charge is 2.28. The molecule has 1 amide bonds. The highest BCUT2D eigenvalue weighted by atomic mass is 16.2. The summed E-state index contributed by atoms with van der Waals surface area (Å²) in [4.78, 5) is 15.8. The zero-order valence-corrected chi connectivity index (χ0v) is 12.0. The van der Waals surface area contributed by atoms with E-state index in [0.29, 0.717) is 12.6 Å². The van der Waals surface area contributed by atoms with Crippen LogP contribution >= 0.6 is 0 Å². The predicted molar refractivity (Wildman–Crippen MR) is 77.9 cm³/mol. The molecule has 0 radical (unpaired) electrons. The van der Waals surface area contributed by atoms with Crippen LogP contribution in [0.1, 0.15) is 30.5 Å². The van der Waals surface area contributed by atoms with E-state index in [9.17, 15) is 4.79 Å². The van der Waals surface area contributed by atoms with Crippen molar-refractivity contribution in [2.24, 2.45) is 0 Å². The van der Waals surface area contributed by atoms with Crippen LogP contribution in [0.3, 0.4) is 0 Å². The van der Waals surface area contributed by atoms with Crippen molar-refractivity contribution in [1.29, 1.82) is 0 Å². The van der Waals surface area contributed by atoms with E-state index in [1.807, 2.05) is 6.07 Å². The Morgan fingerprint density at radius 1 is 1.42 bits per heavy atom. The molecule has 1 aliphatic carbocycles. The molecule has 1 aromatic carbocycles. The molecule has 4 heteroatoms. The number of hydrogen-bond donors (Lipinski definition) is 1. The molecule has 0 fully saturated rings. The first-order chi connectivity index (χ1) is 9.02. The summed E-state index contributed by atoms with van der Waals surface area (Å²) in [7, 11) is 3.61. The van der Waals surface area contributed by atoms with E-state index < -0.39 is 0 Å². The first-order valence-electron chi connectivity index (χ1n) is 6.85. The number of carbonyl (C=O) groups is 1. The number of aryl methyl sites for hydroxylation is 1. The van der Waals surface area contributed by atoms with E-state index in [1.54, 1.807) is 19.0 Å². The van der Waals surface area contributed by atoms with E-state index >= 15 is 0 Å². The fourth-order valence-corrected chi connectivity index (χ4v) is 2.75. The highest BCUT2D eigenvalue weighted by Crippen LogP contribution is 2.36. The van der Waals surface area contributed by atoms with Crippen molar-refractivity contribution in [2.75, 3.05) is 32.9 Å². The smallest absolute Gasteiger partial charge is 0.236 e. The zero-order valence-electron chi connectivity index (χ0n) is 12.0. The van der Waals surface area contributed by atoms with Gasteiger partial charge in [0.25, 0.3) is 0 Å². The molecule has 0 aliphatic heterocycles. The summed E-state index contributed by atoms with van der Waals surface area (Å²) in [5.74, 6) is 0.158. The Morgan fingerprint density at radius 2 is 2.16 bits per heavy atom. The predicted octanol–water partition coefficient (Wildman–Crippen LogP) is 1.67. The van der Waals surface area contributed by atoms with Crippen molar-refractivity contribution < 1.29 is 4.79 Å². The lowest BCUT2D eigenvalue weighted by Gasteiger charge is -2.28. The summed E-state index contributed by atoms with van der Waals surface area (Å²) in [5, 5.41) is 0. The molecule has 104 valence electrons. The number of nitrogens with zero attached hydrogens (tertiary/aromatic N) is 2. The van der Waals surface area contributed by atoms with Crippen LogP contribution in [0.15, 0.2) is 18.2 Å². The third kappa shape index (κ3) is 2.89. The number of fused-ring (bicyclic) bond motifs is 1. The van der Waals surface area contributed by atoms with Gasteiger partial charge in [-0.1, -0.05) is 13.0 Å². The van der Waals surface area contributed by atoms with Gasteiger partial charge >= 0.3 is 0 Å². The molecule has 1 aromatic rings. The maximum Gasteiger partial charge on any atom is 0.236 e. The molecule has 2 rings (SSSR count). The number of hydrogen-bond acceptors (Lipinski definition) is 3. The number of rotatable bonds is 4. The maximum atomic E-state index is 11.9. The number of amides is 1. The molecule has 1 atom stereocenters. The summed E-state index contributed by atoms with van der Waals surface area (Å²) < 4.78 is 0. The molecule has 19 heavy (non-hydrogen) atoms. The molecule has 1 aliphatic rings. The third-order valence-corrected chi connectivity index (χ3v) is 3.90. The second kappa shape index (κ2) is 5.61. The van der Waals surface area contributed by atoms with E-state index in [4.69, 9.17) is 5.73 Å². The van der Waals surface area contributed by atoms with Gasteiger partial charge in [-0.3, -0.25) is 9.69 Å². The van der Waals surface area contributed by atoms with Gasteiger partial charge in [0.1, 0.15) is 0 Å². The van der Waals surface area contributed by atoms with Gasteiger partial charge in [0.2, 0.25) is 5.91 Å². The standard InChI is InChI=1S/C15H23N3O/c1-4-18(10-15(19)17(2)3)14-8-5-11-9-12(16)6-7-13(11)14/h6-7,9,14H,4-5,8,10,16H2,1-3H3. The fourth-order valence-electron chi connectivity index (χ4n) is 2.75. The topological polar surface area (TPSA) is 49.6 Å². The average molecular weight is 261 g/mol. The summed E-state index contributed by atoms with van der Waals surface area (Å²) >= 11 is 0. The summed E-state index contributed by atoms with van der Waals surface area (Å²) in [5.41, 5.74) is 9.33. The van der Waals surface area contributed by atoms with Crippen LogP contribution in [0.2, 0.25) is 0 Å². The molecule has 0 saturated heterocycles. The van der Waals surface area contributed by atoms with Crippen molar-refractivity contribution in [3.8, 4) is 0 Å². The van der Waals surface area contributed by atoms with Gasteiger partial charge in [-0.05, 0) is 42.6 Å². The van der Waals surface area contributed by atoms with Crippen LogP contribution in [-0.4, -0.2) is 42.9 Å². The number of benzene rings is 1. The van der Waals surface area contributed by atoms with E-state index in [1.165, 1.54) is 11.1 Å². The quantitative estimate of drug-likeness (QED) is 0.839. The molecule has 0 heterocycles. The van der Waals surface area contributed by atoms with Crippen molar-refractivity contribution >= 4 is 11.6 Å². The van der Waals surface area contributed by atoms with Gasteiger partial charge in [-0.2, -0.15) is 0 Å². The second-order valence-corrected chi connectivity index (χ2v) is 5.36. The lowest BCUT2D eigenvalue weighted by molar-refractivity contribution is -0.130. The van der Waals surface area contributed by atoms with Crippen molar-refractivity contribution in [1.82, 2.24) is 9.80 Å². The van der Waals surface area contributed by atoms with Gasteiger partial charge in [-0.15, -0.1) is 0 Å². The minimum Gasteiger partial charge on any atom is -0.399 e. The van der Waals surface area contributed by atoms with Crippen LogP contribution in [0.4, 0.5) is 5.69 Å². The molecule has 4 nitrogen and oxygen atoms in total. The first-order valence-corrected chi connectivity index (χ1v) is 6.85. The number of carbonyl (C=O) groups excluding carboxylic acids is 1. The van der Waals surface area contributed by atoms with Gasteiger partial charge in [0, 0.05) is 25.8 Å².